The van der Waals surface area contributed by atoms with Crippen molar-refractivity contribution in [3.8, 4) is 16.9 Å². The number of likely N-dealkylation sites (N-methyl/N-ethyl adjacent to an activating group) is 1. The van der Waals surface area contributed by atoms with E-state index < -0.39 is 0 Å². The van der Waals surface area contributed by atoms with E-state index in [1.807, 2.05) is 61.6 Å². The summed E-state index contributed by atoms with van der Waals surface area (Å²) in [7, 11) is 3.59. The largest absolute Gasteiger partial charge is 0.496 e. The summed E-state index contributed by atoms with van der Waals surface area (Å²) in [4.78, 5) is 21.3. The minimum atomic E-state index is 0.219. The summed E-state index contributed by atoms with van der Waals surface area (Å²) in [5.74, 6) is 1.93. The Morgan fingerprint density at radius 1 is 1.28 bits per heavy atom. The van der Waals surface area contributed by atoms with E-state index in [1.54, 1.807) is 11.6 Å². The number of carbonyl (C=O) groups excluding carboxylic acids is 1. The predicted octanol–water partition coefficient (Wildman–Crippen LogP) is 3.24. The molecule has 7 nitrogen and oxygen atoms in total. The molecule has 2 aromatic heterocycles. The van der Waals surface area contributed by atoms with Crippen molar-refractivity contribution in [3.05, 3.63) is 42.7 Å². The smallest absolute Gasteiger partial charge is 0.222 e. The van der Waals surface area contributed by atoms with E-state index >= 15 is 0 Å². The van der Waals surface area contributed by atoms with E-state index in [9.17, 15) is 4.79 Å². The molecule has 1 unspecified atom stereocenters. The molecule has 0 radical (unpaired) electrons. The van der Waals surface area contributed by atoms with Gasteiger partial charge >= 0.3 is 0 Å². The minimum Gasteiger partial charge on any atom is -0.496 e. The highest BCUT2D eigenvalue weighted by molar-refractivity contribution is 5.81. The Morgan fingerprint density at radius 3 is 2.90 bits per heavy atom. The maximum atomic E-state index is 12.2. The molecule has 0 aliphatic carbocycles. The molecule has 1 saturated heterocycles. The van der Waals surface area contributed by atoms with E-state index in [4.69, 9.17) is 9.72 Å². The Labute approximate surface area is 170 Å². The van der Waals surface area contributed by atoms with Crippen molar-refractivity contribution in [3.63, 3.8) is 0 Å². The zero-order valence-corrected chi connectivity index (χ0v) is 17.2. The number of para-hydroxylation sites is 1. The van der Waals surface area contributed by atoms with Crippen LogP contribution in [0.25, 0.3) is 16.8 Å². The van der Waals surface area contributed by atoms with E-state index in [1.165, 1.54) is 0 Å². The highest BCUT2D eigenvalue weighted by Gasteiger charge is 2.29. The number of rotatable bonds is 6. The molecule has 1 fully saturated rings. The van der Waals surface area contributed by atoms with Crippen molar-refractivity contribution in [1.29, 1.82) is 0 Å². The Hall–Kier alpha value is -3.09. The molecule has 7 heteroatoms. The maximum Gasteiger partial charge on any atom is 0.222 e. The number of hydrogen-bond acceptors (Lipinski definition) is 5. The van der Waals surface area contributed by atoms with Crippen LogP contribution < -0.4 is 9.64 Å². The molecule has 0 spiro atoms. The van der Waals surface area contributed by atoms with Gasteiger partial charge in [-0.05, 0) is 25.0 Å². The van der Waals surface area contributed by atoms with Gasteiger partial charge in [-0.25, -0.2) is 9.50 Å². The molecular weight excluding hydrogens is 366 g/mol. The summed E-state index contributed by atoms with van der Waals surface area (Å²) in [6.45, 7) is 3.72. The summed E-state index contributed by atoms with van der Waals surface area (Å²) >= 11 is 0. The number of aromatic nitrogens is 3. The molecule has 0 bridgehead atoms. The monoisotopic (exact) mass is 393 g/mol. The molecule has 1 atom stereocenters. The van der Waals surface area contributed by atoms with E-state index in [2.05, 4.69) is 10.00 Å². The number of ether oxygens (including phenoxy) is 1. The highest BCUT2D eigenvalue weighted by Crippen LogP contribution is 2.32. The van der Waals surface area contributed by atoms with Crippen molar-refractivity contribution >= 4 is 17.4 Å². The van der Waals surface area contributed by atoms with Gasteiger partial charge in [0.05, 0.1) is 24.9 Å². The lowest BCUT2D eigenvalue weighted by molar-refractivity contribution is -0.131. The summed E-state index contributed by atoms with van der Waals surface area (Å²) in [6.07, 6.45) is 6.21. The Balaban J connectivity index is 1.61. The fraction of sp³-hybridized carbons (Fsp3) is 0.409. The molecule has 4 rings (SSSR count). The van der Waals surface area contributed by atoms with Crippen LogP contribution >= 0.6 is 0 Å². The van der Waals surface area contributed by atoms with Crippen molar-refractivity contribution in [2.24, 2.45) is 0 Å². The van der Waals surface area contributed by atoms with Gasteiger partial charge < -0.3 is 14.5 Å². The number of benzene rings is 1. The normalized spacial score (nSPS) is 16.4. The van der Waals surface area contributed by atoms with Crippen molar-refractivity contribution < 1.29 is 9.53 Å². The minimum absolute atomic E-state index is 0.219. The van der Waals surface area contributed by atoms with Gasteiger partial charge in [0.2, 0.25) is 5.91 Å². The lowest BCUT2D eigenvalue weighted by atomic mass is 10.1. The molecule has 29 heavy (non-hydrogen) atoms. The third-order valence-electron chi connectivity index (χ3n) is 5.64. The quantitative estimate of drug-likeness (QED) is 0.643. The zero-order chi connectivity index (χ0) is 20.4. The summed E-state index contributed by atoms with van der Waals surface area (Å²) in [6, 6.07) is 10.1. The van der Waals surface area contributed by atoms with Crippen LogP contribution in [0, 0.1) is 0 Å². The van der Waals surface area contributed by atoms with Crippen LogP contribution in [0.2, 0.25) is 0 Å². The van der Waals surface area contributed by atoms with Gasteiger partial charge in [0.1, 0.15) is 11.6 Å². The fourth-order valence-electron chi connectivity index (χ4n) is 3.95. The highest BCUT2D eigenvalue weighted by atomic mass is 16.5. The van der Waals surface area contributed by atoms with Crippen LogP contribution in [0.4, 0.5) is 5.82 Å². The first-order chi connectivity index (χ1) is 14.1. The summed E-state index contributed by atoms with van der Waals surface area (Å²) < 4.78 is 7.31. The Morgan fingerprint density at radius 2 is 2.10 bits per heavy atom. The van der Waals surface area contributed by atoms with E-state index in [0.717, 1.165) is 54.3 Å². The van der Waals surface area contributed by atoms with Crippen molar-refractivity contribution in [2.45, 2.75) is 32.2 Å². The van der Waals surface area contributed by atoms with Gasteiger partial charge in [0, 0.05) is 38.3 Å². The van der Waals surface area contributed by atoms with E-state index in [0.29, 0.717) is 6.42 Å². The number of carbonyl (C=O) groups is 1. The average molecular weight is 393 g/mol. The fourth-order valence-corrected chi connectivity index (χ4v) is 3.95. The van der Waals surface area contributed by atoms with Gasteiger partial charge in [-0.1, -0.05) is 25.1 Å². The SMILES string of the molecule is CCCC(=O)N(C)C1CCN(c2ccn3ncc(-c4ccccc4OC)c3n2)C1. The molecule has 1 aliphatic rings. The first-order valence-corrected chi connectivity index (χ1v) is 10.1. The zero-order valence-electron chi connectivity index (χ0n) is 17.2. The number of hydrogen-bond donors (Lipinski definition) is 0. The maximum absolute atomic E-state index is 12.2. The first kappa shape index (κ1) is 19.2. The summed E-state index contributed by atoms with van der Waals surface area (Å²) in [5.41, 5.74) is 2.71. The van der Waals surface area contributed by atoms with Crippen LogP contribution in [-0.4, -0.2) is 58.7 Å². The van der Waals surface area contributed by atoms with Crippen LogP contribution in [0.1, 0.15) is 26.2 Å². The van der Waals surface area contributed by atoms with Gasteiger partial charge in [-0.2, -0.15) is 5.10 Å². The first-order valence-electron chi connectivity index (χ1n) is 10.1. The second-order valence-corrected chi connectivity index (χ2v) is 7.46. The number of amides is 1. The van der Waals surface area contributed by atoms with Crippen molar-refractivity contribution in [1.82, 2.24) is 19.5 Å². The lowest BCUT2D eigenvalue weighted by Gasteiger charge is -2.25. The molecule has 1 amide bonds. The molecule has 0 N–H and O–H groups in total. The summed E-state index contributed by atoms with van der Waals surface area (Å²) in [5, 5.41) is 4.45. The standard InChI is InChI=1S/C22H27N5O2/c1-4-7-21(28)25(2)16-10-12-26(15-16)20-11-13-27-22(24-20)18(14-23-27)17-8-5-6-9-19(17)29-3/h5-6,8-9,11,13-14,16H,4,7,10,12,15H2,1-3H3. The van der Waals surface area contributed by atoms with Gasteiger partial charge in [0.25, 0.3) is 0 Å². The Bertz CT molecular complexity index is 1020. The van der Waals surface area contributed by atoms with Crippen molar-refractivity contribution in [2.75, 3.05) is 32.1 Å². The molecule has 152 valence electrons. The second kappa shape index (κ2) is 8.11. The third kappa shape index (κ3) is 3.64. The van der Waals surface area contributed by atoms with Crippen LogP contribution in [0.3, 0.4) is 0 Å². The number of anilines is 1. The average Bonchev–Trinajstić information content (AvgIpc) is 3.40. The van der Waals surface area contributed by atoms with Crippen LogP contribution in [0.15, 0.2) is 42.7 Å². The lowest BCUT2D eigenvalue weighted by Crippen LogP contribution is -2.39. The number of nitrogens with zero attached hydrogens (tertiary/aromatic N) is 5. The predicted molar refractivity (Wildman–Crippen MR) is 113 cm³/mol. The molecule has 0 saturated carbocycles. The van der Waals surface area contributed by atoms with Crippen LogP contribution in [0.5, 0.6) is 5.75 Å². The molecule has 1 aromatic carbocycles. The van der Waals surface area contributed by atoms with Gasteiger partial charge in [0.15, 0.2) is 5.65 Å². The van der Waals surface area contributed by atoms with E-state index in [-0.39, 0.29) is 11.9 Å². The number of methoxy groups -OCH3 is 1. The van der Waals surface area contributed by atoms with Gasteiger partial charge in [-0.15, -0.1) is 0 Å². The molecule has 3 aromatic rings. The van der Waals surface area contributed by atoms with Gasteiger partial charge in [-0.3, -0.25) is 4.79 Å². The third-order valence-corrected chi connectivity index (χ3v) is 5.64. The van der Waals surface area contributed by atoms with Crippen LogP contribution in [-0.2, 0) is 4.79 Å². The second-order valence-electron chi connectivity index (χ2n) is 7.46. The topological polar surface area (TPSA) is 63.0 Å². The number of fused-ring (bicyclic) bond motifs is 1. The molecule has 3 heterocycles. The Kier molecular flexibility index (Phi) is 5.38. The molecular formula is C22H27N5O2. The molecule has 1 aliphatic heterocycles.